The van der Waals surface area contributed by atoms with Gasteiger partial charge in [-0.15, -0.1) is 0 Å². The van der Waals surface area contributed by atoms with Gasteiger partial charge in [-0.05, 0) is 37.0 Å². The number of carboxylic acid groups (broad SMARTS) is 1. The Morgan fingerprint density at radius 2 is 1.86 bits per heavy atom. The molecule has 0 bridgehead atoms. The van der Waals surface area contributed by atoms with Gasteiger partial charge in [0.25, 0.3) is 0 Å². The molecular formula is C16H22N2O3. The maximum Gasteiger partial charge on any atom is 0.324 e. The smallest absolute Gasteiger partial charge is 0.324 e. The number of benzene rings is 1. The van der Waals surface area contributed by atoms with E-state index in [1.165, 1.54) is 5.56 Å². The van der Waals surface area contributed by atoms with Crippen LogP contribution in [0.5, 0.6) is 0 Å². The molecule has 1 aromatic carbocycles. The van der Waals surface area contributed by atoms with Crippen molar-refractivity contribution in [2.24, 2.45) is 0 Å². The number of aryl methyl sites for hydroxylation is 1. The zero-order valence-corrected chi connectivity index (χ0v) is 12.6. The van der Waals surface area contributed by atoms with Crippen LogP contribution >= 0.6 is 0 Å². The van der Waals surface area contributed by atoms with Gasteiger partial charge >= 0.3 is 12.0 Å². The van der Waals surface area contributed by atoms with Gasteiger partial charge in [-0.2, -0.15) is 0 Å². The van der Waals surface area contributed by atoms with Crippen LogP contribution in [-0.4, -0.2) is 41.6 Å². The van der Waals surface area contributed by atoms with Crippen LogP contribution in [0, 0.1) is 0 Å². The molecule has 1 aromatic rings. The number of amides is 2. The number of hydrogen-bond acceptors (Lipinski definition) is 2. The zero-order chi connectivity index (χ0) is 15.4. The highest BCUT2D eigenvalue weighted by Gasteiger charge is 2.34. The minimum atomic E-state index is -0.872. The lowest BCUT2D eigenvalue weighted by Gasteiger charge is -2.28. The van der Waals surface area contributed by atoms with Crippen molar-refractivity contribution in [3.63, 3.8) is 0 Å². The summed E-state index contributed by atoms with van der Waals surface area (Å²) in [5.74, 6) is -0.872. The third-order valence-corrected chi connectivity index (χ3v) is 3.82. The first-order valence-corrected chi connectivity index (χ1v) is 7.38. The van der Waals surface area contributed by atoms with Crippen molar-refractivity contribution in [2.45, 2.75) is 38.6 Å². The van der Waals surface area contributed by atoms with Gasteiger partial charge < -0.3 is 10.0 Å². The summed E-state index contributed by atoms with van der Waals surface area (Å²) in [6.45, 7) is 2.36. The van der Waals surface area contributed by atoms with E-state index in [0.29, 0.717) is 0 Å². The first-order valence-electron chi connectivity index (χ1n) is 7.38. The molecule has 1 saturated carbocycles. The molecule has 0 saturated heterocycles. The molecule has 0 aliphatic heterocycles. The second kappa shape index (κ2) is 6.61. The van der Waals surface area contributed by atoms with E-state index in [4.69, 9.17) is 5.11 Å². The number of carbonyl (C=O) groups excluding carboxylic acids is 1. The van der Waals surface area contributed by atoms with Crippen LogP contribution in [0.1, 0.15) is 31.7 Å². The van der Waals surface area contributed by atoms with Gasteiger partial charge in [-0.1, -0.05) is 19.1 Å². The third kappa shape index (κ3) is 3.97. The highest BCUT2D eigenvalue weighted by atomic mass is 16.4. The summed E-state index contributed by atoms with van der Waals surface area (Å²) in [5.41, 5.74) is 2.06. The largest absolute Gasteiger partial charge is 0.481 e. The van der Waals surface area contributed by atoms with E-state index in [1.54, 1.807) is 16.8 Å². The highest BCUT2D eigenvalue weighted by molar-refractivity contribution is 5.92. The summed E-state index contributed by atoms with van der Waals surface area (Å²) >= 11 is 0. The van der Waals surface area contributed by atoms with Crippen molar-refractivity contribution in [1.82, 2.24) is 4.90 Å². The Hall–Kier alpha value is -2.04. The zero-order valence-electron chi connectivity index (χ0n) is 12.6. The van der Waals surface area contributed by atoms with Crippen LogP contribution in [0.3, 0.4) is 0 Å². The molecule has 1 aliphatic rings. The number of hydrogen-bond donors (Lipinski definition) is 1. The molecule has 0 unspecified atom stereocenters. The number of urea groups is 1. The topological polar surface area (TPSA) is 60.9 Å². The van der Waals surface area contributed by atoms with Crippen LogP contribution in [-0.2, 0) is 11.2 Å². The van der Waals surface area contributed by atoms with Crippen LogP contribution in [0.2, 0.25) is 0 Å². The number of aliphatic carboxylic acids is 1. The molecule has 0 spiro atoms. The number of rotatable bonds is 6. The summed E-state index contributed by atoms with van der Waals surface area (Å²) in [5, 5.41) is 8.81. The van der Waals surface area contributed by atoms with Crippen LogP contribution < -0.4 is 4.90 Å². The standard InChI is InChI=1S/C16H22N2O3/c1-3-12-4-6-13(7-5-12)17(2)16(21)18(14-8-9-14)11-10-15(19)20/h4-7,14H,3,8-11H2,1-2H3,(H,19,20). The normalized spacial score (nSPS) is 13.8. The second-order valence-corrected chi connectivity index (χ2v) is 5.43. The number of anilines is 1. The lowest BCUT2D eigenvalue weighted by molar-refractivity contribution is -0.137. The van der Waals surface area contributed by atoms with Crippen molar-refractivity contribution in [3.05, 3.63) is 29.8 Å². The van der Waals surface area contributed by atoms with Gasteiger partial charge in [0.1, 0.15) is 0 Å². The highest BCUT2D eigenvalue weighted by Crippen LogP contribution is 2.29. The van der Waals surface area contributed by atoms with E-state index in [1.807, 2.05) is 24.3 Å². The monoisotopic (exact) mass is 290 g/mol. The molecule has 1 fully saturated rings. The third-order valence-electron chi connectivity index (χ3n) is 3.82. The lowest BCUT2D eigenvalue weighted by atomic mass is 10.1. The van der Waals surface area contributed by atoms with Gasteiger partial charge in [0, 0.05) is 25.3 Å². The van der Waals surface area contributed by atoms with E-state index in [-0.39, 0.29) is 25.0 Å². The molecule has 0 heterocycles. The molecule has 1 N–H and O–H groups in total. The van der Waals surface area contributed by atoms with Crippen LogP contribution in [0.15, 0.2) is 24.3 Å². The van der Waals surface area contributed by atoms with E-state index in [0.717, 1.165) is 24.9 Å². The molecule has 114 valence electrons. The minimum absolute atomic E-state index is 0.00907. The first-order chi connectivity index (χ1) is 10.0. The lowest BCUT2D eigenvalue weighted by Crippen LogP contribution is -2.43. The molecule has 2 amide bonds. The van der Waals surface area contributed by atoms with Crippen molar-refractivity contribution in [2.75, 3.05) is 18.5 Å². The van der Waals surface area contributed by atoms with Gasteiger partial charge in [0.2, 0.25) is 0 Å². The summed E-state index contributed by atoms with van der Waals surface area (Å²) in [6.07, 6.45) is 2.89. The van der Waals surface area contributed by atoms with Gasteiger partial charge in [-0.3, -0.25) is 9.69 Å². The van der Waals surface area contributed by atoms with Crippen LogP contribution in [0.25, 0.3) is 0 Å². The molecule has 1 aliphatic carbocycles. The van der Waals surface area contributed by atoms with Gasteiger partial charge in [0.05, 0.1) is 6.42 Å². The number of nitrogens with zero attached hydrogens (tertiary/aromatic N) is 2. The molecule has 0 atom stereocenters. The van der Waals surface area contributed by atoms with Gasteiger partial charge in [0.15, 0.2) is 0 Å². The maximum atomic E-state index is 12.6. The van der Waals surface area contributed by atoms with Crippen molar-refractivity contribution < 1.29 is 14.7 Å². The summed E-state index contributed by atoms with van der Waals surface area (Å²) in [7, 11) is 1.74. The fourth-order valence-electron chi connectivity index (χ4n) is 2.30. The molecule has 2 rings (SSSR count). The molecule has 5 nitrogen and oxygen atoms in total. The van der Waals surface area contributed by atoms with Crippen molar-refractivity contribution in [3.8, 4) is 0 Å². The van der Waals surface area contributed by atoms with Crippen molar-refractivity contribution >= 4 is 17.7 Å². The van der Waals surface area contributed by atoms with E-state index in [9.17, 15) is 9.59 Å². The Labute approximate surface area is 125 Å². The van der Waals surface area contributed by atoms with Crippen molar-refractivity contribution in [1.29, 1.82) is 0 Å². The summed E-state index contributed by atoms with van der Waals surface area (Å²) < 4.78 is 0. The molecule has 0 radical (unpaired) electrons. The predicted octanol–water partition coefficient (Wildman–Crippen LogP) is 2.74. The maximum absolute atomic E-state index is 12.6. The van der Waals surface area contributed by atoms with Crippen LogP contribution in [0.4, 0.5) is 10.5 Å². The average Bonchev–Trinajstić information content (AvgIpc) is 3.31. The summed E-state index contributed by atoms with van der Waals surface area (Å²) in [4.78, 5) is 26.6. The minimum Gasteiger partial charge on any atom is -0.481 e. The number of carbonyl (C=O) groups is 2. The Bertz CT molecular complexity index is 509. The van der Waals surface area contributed by atoms with Gasteiger partial charge in [-0.25, -0.2) is 4.79 Å². The van der Waals surface area contributed by atoms with E-state index in [2.05, 4.69) is 6.92 Å². The Morgan fingerprint density at radius 1 is 1.24 bits per heavy atom. The molecule has 21 heavy (non-hydrogen) atoms. The quantitative estimate of drug-likeness (QED) is 0.876. The van der Waals surface area contributed by atoms with E-state index >= 15 is 0 Å². The molecule has 0 aromatic heterocycles. The number of carboxylic acids is 1. The fraction of sp³-hybridized carbons (Fsp3) is 0.500. The SMILES string of the molecule is CCc1ccc(N(C)C(=O)N(CCC(=O)O)C2CC2)cc1. The Morgan fingerprint density at radius 3 is 2.33 bits per heavy atom. The second-order valence-electron chi connectivity index (χ2n) is 5.43. The average molecular weight is 290 g/mol. The first kappa shape index (κ1) is 15.4. The fourth-order valence-corrected chi connectivity index (χ4v) is 2.30. The summed E-state index contributed by atoms with van der Waals surface area (Å²) in [6, 6.07) is 7.96. The Kier molecular flexibility index (Phi) is 4.83. The molecule has 5 heteroatoms. The molecular weight excluding hydrogens is 268 g/mol. The Balaban J connectivity index is 2.05. The van der Waals surface area contributed by atoms with E-state index < -0.39 is 5.97 Å². The predicted molar refractivity (Wildman–Crippen MR) is 81.6 cm³/mol.